The van der Waals surface area contributed by atoms with Gasteiger partial charge in [0.15, 0.2) is 0 Å². The molecular weight excluding hydrogens is 146 g/mol. The number of hydroxylamine groups is 1. The topological polar surface area (TPSA) is 88.2 Å². The summed E-state index contributed by atoms with van der Waals surface area (Å²) in [6.45, 7) is 0. The number of nitrogens with one attached hydrogen (secondary N) is 1. The molecule has 0 aliphatic heterocycles. The Morgan fingerprint density at radius 2 is 2.45 bits per heavy atom. The van der Waals surface area contributed by atoms with E-state index in [-0.39, 0.29) is 11.4 Å². The van der Waals surface area contributed by atoms with Crippen molar-refractivity contribution < 1.29 is 10.0 Å². The van der Waals surface area contributed by atoms with Gasteiger partial charge in [-0.05, 0) is 12.1 Å². The molecule has 0 aromatic carbocycles. The molecule has 5 nitrogen and oxygen atoms in total. The molecule has 0 aliphatic rings. The van der Waals surface area contributed by atoms with Crippen LogP contribution in [0.3, 0.4) is 0 Å². The molecule has 0 bridgehead atoms. The molecule has 0 spiro atoms. The number of carbonyl (C=O) groups excluding carboxylic acids is 1. The third kappa shape index (κ3) is 1.44. The first-order chi connectivity index (χ1) is 5.25. The standard InChI is InChI=1S/C6H7N3O2/c7-5-4(6(10)9-11)2-1-3-8-5/h1-3,11H,(H2,7,8)(H,9,10). The Morgan fingerprint density at radius 1 is 1.73 bits per heavy atom. The Balaban J connectivity index is 3.03. The summed E-state index contributed by atoms with van der Waals surface area (Å²) in [5, 5.41) is 8.23. The van der Waals surface area contributed by atoms with Crippen LogP contribution in [0, 0.1) is 0 Å². The Morgan fingerprint density at radius 3 is 3.00 bits per heavy atom. The quantitative estimate of drug-likeness (QED) is 0.384. The maximum absolute atomic E-state index is 10.8. The SMILES string of the molecule is Nc1ncccc1C(=O)NO. The fraction of sp³-hybridized carbons (Fsp3) is 0. The molecule has 1 aromatic heterocycles. The first-order valence-electron chi connectivity index (χ1n) is 2.90. The minimum atomic E-state index is -0.657. The molecular formula is C6H7N3O2. The van der Waals surface area contributed by atoms with E-state index in [4.69, 9.17) is 10.9 Å². The summed E-state index contributed by atoms with van der Waals surface area (Å²) in [4.78, 5) is 14.4. The van der Waals surface area contributed by atoms with Crippen LogP contribution in [0.4, 0.5) is 5.82 Å². The van der Waals surface area contributed by atoms with Gasteiger partial charge in [0.05, 0.1) is 5.56 Å². The molecule has 58 valence electrons. The van der Waals surface area contributed by atoms with E-state index in [1.165, 1.54) is 17.7 Å². The van der Waals surface area contributed by atoms with Crippen LogP contribution in [0.2, 0.25) is 0 Å². The van der Waals surface area contributed by atoms with E-state index < -0.39 is 5.91 Å². The average molecular weight is 153 g/mol. The number of nitrogen functional groups attached to an aromatic ring is 1. The molecule has 11 heavy (non-hydrogen) atoms. The molecule has 0 saturated carbocycles. The normalized spacial score (nSPS) is 9.18. The molecule has 1 rings (SSSR count). The number of carbonyl (C=O) groups is 1. The van der Waals surface area contributed by atoms with Gasteiger partial charge in [0.2, 0.25) is 0 Å². The summed E-state index contributed by atoms with van der Waals surface area (Å²) >= 11 is 0. The molecule has 0 radical (unpaired) electrons. The van der Waals surface area contributed by atoms with Gasteiger partial charge in [0.1, 0.15) is 5.82 Å². The molecule has 5 heteroatoms. The highest BCUT2D eigenvalue weighted by Crippen LogP contribution is 2.05. The minimum Gasteiger partial charge on any atom is -0.383 e. The van der Waals surface area contributed by atoms with Crippen LogP contribution < -0.4 is 11.2 Å². The van der Waals surface area contributed by atoms with Crippen LogP contribution in [-0.2, 0) is 0 Å². The molecule has 0 unspecified atom stereocenters. The van der Waals surface area contributed by atoms with Gasteiger partial charge in [-0.25, -0.2) is 10.5 Å². The van der Waals surface area contributed by atoms with Crippen LogP contribution in [0.25, 0.3) is 0 Å². The van der Waals surface area contributed by atoms with Crippen LogP contribution >= 0.6 is 0 Å². The summed E-state index contributed by atoms with van der Waals surface area (Å²) in [6.07, 6.45) is 1.46. The van der Waals surface area contributed by atoms with Crippen LogP contribution in [0.1, 0.15) is 10.4 Å². The number of nitrogens with zero attached hydrogens (tertiary/aromatic N) is 1. The highest BCUT2D eigenvalue weighted by atomic mass is 16.5. The Bertz CT molecular complexity index is 274. The summed E-state index contributed by atoms with van der Waals surface area (Å²) < 4.78 is 0. The van der Waals surface area contributed by atoms with Gasteiger partial charge in [-0.2, -0.15) is 0 Å². The summed E-state index contributed by atoms with van der Waals surface area (Å²) in [7, 11) is 0. The Labute approximate surface area is 62.8 Å². The molecule has 1 amide bonds. The van der Waals surface area contributed by atoms with E-state index in [2.05, 4.69) is 4.98 Å². The van der Waals surface area contributed by atoms with E-state index in [1.807, 2.05) is 0 Å². The third-order valence-corrected chi connectivity index (χ3v) is 1.18. The van der Waals surface area contributed by atoms with E-state index in [9.17, 15) is 4.79 Å². The summed E-state index contributed by atoms with van der Waals surface area (Å²) in [6, 6.07) is 3.02. The van der Waals surface area contributed by atoms with Crippen molar-refractivity contribution in [3.63, 3.8) is 0 Å². The van der Waals surface area contributed by atoms with Crippen molar-refractivity contribution in [2.45, 2.75) is 0 Å². The number of amides is 1. The van der Waals surface area contributed by atoms with Crippen molar-refractivity contribution in [3.05, 3.63) is 23.9 Å². The second kappa shape index (κ2) is 2.98. The highest BCUT2D eigenvalue weighted by molar-refractivity contribution is 5.97. The number of pyridine rings is 1. The summed E-state index contributed by atoms with van der Waals surface area (Å²) in [5.74, 6) is -0.561. The predicted molar refractivity (Wildman–Crippen MR) is 37.9 cm³/mol. The third-order valence-electron chi connectivity index (χ3n) is 1.18. The van der Waals surface area contributed by atoms with E-state index in [1.54, 1.807) is 6.07 Å². The van der Waals surface area contributed by atoms with Gasteiger partial charge in [0, 0.05) is 6.20 Å². The lowest BCUT2D eigenvalue weighted by molar-refractivity contribution is 0.0707. The van der Waals surface area contributed by atoms with Gasteiger partial charge in [-0.3, -0.25) is 10.0 Å². The molecule has 0 atom stereocenters. The molecule has 0 saturated heterocycles. The second-order valence-corrected chi connectivity index (χ2v) is 1.88. The fourth-order valence-electron chi connectivity index (χ4n) is 0.670. The van der Waals surface area contributed by atoms with E-state index in [0.29, 0.717) is 0 Å². The number of rotatable bonds is 1. The molecule has 0 fully saturated rings. The second-order valence-electron chi connectivity index (χ2n) is 1.88. The van der Waals surface area contributed by atoms with Gasteiger partial charge < -0.3 is 5.73 Å². The van der Waals surface area contributed by atoms with Gasteiger partial charge in [-0.1, -0.05) is 0 Å². The number of hydrogen-bond acceptors (Lipinski definition) is 4. The molecule has 0 aliphatic carbocycles. The minimum absolute atomic E-state index is 0.0963. The van der Waals surface area contributed by atoms with E-state index in [0.717, 1.165) is 0 Å². The highest BCUT2D eigenvalue weighted by Gasteiger charge is 2.06. The van der Waals surface area contributed by atoms with Crippen molar-refractivity contribution in [3.8, 4) is 0 Å². The monoisotopic (exact) mass is 153 g/mol. The lowest BCUT2D eigenvalue weighted by Crippen LogP contribution is -2.20. The van der Waals surface area contributed by atoms with Gasteiger partial charge >= 0.3 is 0 Å². The smallest absolute Gasteiger partial charge is 0.278 e. The number of anilines is 1. The van der Waals surface area contributed by atoms with Gasteiger partial charge in [0.25, 0.3) is 5.91 Å². The van der Waals surface area contributed by atoms with Crippen molar-refractivity contribution in [2.75, 3.05) is 5.73 Å². The largest absolute Gasteiger partial charge is 0.383 e. The molecule has 1 heterocycles. The Kier molecular flexibility index (Phi) is 2.03. The first-order valence-corrected chi connectivity index (χ1v) is 2.90. The lowest BCUT2D eigenvalue weighted by atomic mass is 10.2. The van der Waals surface area contributed by atoms with Crippen molar-refractivity contribution >= 4 is 11.7 Å². The summed E-state index contributed by atoms with van der Waals surface area (Å²) in [5.41, 5.74) is 6.94. The number of hydrogen-bond donors (Lipinski definition) is 3. The lowest BCUT2D eigenvalue weighted by Gasteiger charge is -1.99. The maximum atomic E-state index is 10.8. The van der Waals surface area contributed by atoms with Crippen LogP contribution in [0.5, 0.6) is 0 Å². The zero-order valence-corrected chi connectivity index (χ0v) is 5.61. The van der Waals surface area contributed by atoms with E-state index >= 15 is 0 Å². The first kappa shape index (κ1) is 7.49. The van der Waals surface area contributed by atoms with Crippen LogP contribution in [0.15, 0.2) is 18.3 Å². The van der Waals surface area contributed by atoms with Gasteiger partial charge in [-0.15, -0.1) is 0 Å². The number of nitrogens with two attached hydrogens (primary N) is 1. The van der Waals surface area contributed by atoms with Crippen LogP contribution in [-0.4, -0.2) is 16.1 Å². The molecule has 1 aromatic rings. The zero-order chi connectivity index (χ0) is 8.27. The fourth-order valence-corrected chi connectivity index (χ4v) is 0.670. The molecule has 4 N–H and O–H groups in total. The van der Waals surface area contributed by atoms with Crippen molar-refractivity contribution in [1.29, 1.82) is 0 Å². The predicted octanol–water partition coefficient (Wildman–Crippen LogP) is -0.217. The van der Waals surface area contributed by atoms with Crippen molar-refractivity contribution in [2.24, 2.45) is 0 Å². The Hall–Kier alpha value is -1.62. The average Bonchev–Trinajstić information content (AvgIpc) is 2.04. The number of aromatic nitrogens is 1. The zero-order valence-electron chi connectivity index (χ0n) is 5.61. The maximum Gasteiger partial charge on any atom is 0.278 e. The van der Waals surface area contributed by atoms with Crippen molar-refractivity contribution in [1.82, 2.24) is 10.5 Å².